The van der Waals surface area contributed by atoms with Crippen LogP contribution in [0.15, 0.2) is 15.3 Å². The van der Waals surface area contributed by atoms with E-state index in [2.05, 4.69) is 12.2 Å². The molecule has 2 N–H and O–H groups in total. The molecule has 0 aliphatic rings. The average molecular weight is 380 g/mol. The van der Waals surface area contributed by atoms with Gasteiger partial charge in [0.25, 0.3) is 0 Å². The van der Waals surface area contributed by atoms with Crippen LogP contribution in [0, 0.1) is 6.92 Å². The van der Waals surface area contributed by atoms with E-state index >= 15 is 0 Å². The average Bonchev–Trinajstić information content (AvgIpc) is 2.62. The van der Waals surface area contributed by atoms with Gasteiger partial charge in [0.05, 0.1) is 0 Å². The summed E-state index contributed by atoms with van der Waals surface area (Å²) in [6, 6.07) is 1.32. The second-order valence-corrected chi connectivity index (χ2v) is 7.45. The minimum atomic E-state index is -0.716. The Labute approximate surface area is 163 Å². The van der Waals surface area contributed by atoms with Gasteiger partial charge < -0.3 is 14.8 Å². The molecule has 0 unspecified atom stereocenters. The zero-order valence-electron chi connectivity index (χ0n) is 17.1. The van der Waals surface area contributed by atoms with E-state index in [9.17, 15) is 14.7 Å². The predicted octanol–water partition coefficient (Wildman–Crippen LogP) is 6.07. The van der Waals surface area contributed by atoms with E-state index in [0.717, 1.165) is 19.3 Å². The summed E-state index contributed by atoms with van der Waals surface area (Å²) in [5.74, 6) is -0.195. The maximum atomic E-state index is 11.9. The Morgan fingerprint density at radius 2 is 1.41 bits per heavy atom. The molecule has 0 atom stereocenters. The fourth-order valence-electron chi connectivity index (χ4n) is 3.22. The van der Waals surface area contributed by atoms with Crippen LogP contribution in [0.25, 0.3) is 0 Å². The lowest BCUT2D eigenvalue weighted by molar-refractivity contribution is -0.116. The minimum absolute atomic E-state index is 0.166. The van der Waals surface area contributed by atoms with Gasteiger partial charge in [-0.05, 0) is 13.3 Å². The third-order valence-corrected chi connectivity index (χ3v) is 4.83. The van der Waals surface area contributed by atoms with Crippen LogP contribution in [0.3, 0.4) is 0 Å². The van der Waals surface area contributed by atoms with Crippen molar-refractivity contribution in [3.8, 4) is 5.75 Å². The molecule has 0 radical (unpaired) electrons. The number of amides is 1. The van der Waals surface area contributed by atoms with E-state index in [1.165, 1.54) is 70.3 Å². The standard InChI is InChI=1S/C22H37NO4/c1-3-4-5-6-7-8-9-10-11-12-13-14-15-16-20(25)23-21-19(24)17-18(2)27-22(21)26/h17,24H,3-16H2,1-2H3,(H,23,25). The van der Waals surface area contributed by atoms with Gasteiger partial charge in [-0.2, -0.15) is 0 Å². The Morgan fingerprint density at radius 3 is 1.89 bits per heavy atom. The molecule has 0 aliphatic carbocycles. The van der Waals surface area contributed by atoms with E-state index in [4.69, 9.17) is 4.42 Å². The van der Waals surface area contributed by atoms with Crippen LogP contribution < -0.4 is 10.9 Å². The maximum Gasteiger partial charge on any atom is 0.363 e. The van der Waals surface area contributed by atoms with E-state index < -0.39 is 5.63 Å². The molecular weight excluding hydrogens is 342 g/mol. The summed E-state index contributed by atoms with van der Waals surface area (Å²) in [6.45, 7) is 3.82. The third kappa shape index (κ3) is 10.8. The molecule has 0 saturated carbocycles. The van der Waals surface area contributed by atoms with Gasteiger partial charge >= 0.3 is 5.63 Å². The van der Waals surface area contributed by atoms with Crippen molar-refractivity contribution in [2.75, 3.05) is 5.32 Å². The number of carbonyl (C=O) groups is 1. The predicted molar refractivity (Wildman–Crippen MR) is 110 cm³/mol. The van der Waals surface area contributed by atoms with Crippen LogP contribution in [0.2, 0.25) is 0 Å². The Hall–Kier alpha value is -1.78. The van der Waals surface area contributed by atoms with Crippen molar-refractivity contribution in [3.63, 3.8) is 0 Å². The van der Waals surface area contributed by atoms with Crippen molar-refractivity contribution in [1.29, 1.82) is 0 Å². The molecule has 1 aromatic rings. The summed E-state index contributed by atoms with van der Waals surface area (Å²) < 4.78 is 4.88. The number of rotatable bonds is 15. The summed E-state index contributed by atoms with van der Waals surface area (Å²) in [5, 5.41) is 12.2. The number of hydrogen-bond donors (Lipinski definition) is 2. The Bertz CT molecular complexity index is 594. The van der Waals surface area contributed by atoms with Gasteiger partial charge in [0.1, 0.15) is 11.5 Å². The number of aromatic hydroxyl groups is 1. The van der Waals surface area contributed by atoms with Crippen molar-refractivity contribution >= 4 is 11.6 Å². The van der Waals surface area contributed by atoms with E-state index in [1.54, 1.807) is 6.92 Å². The monoisotopic (exact) mass is 379 g/mol. The van der Waals surface area contributed by atoms with Crippen molar-refractivity contribution in [3.05, 3.63) is 22.2 Å². The third-order valence-electron chi connectivity index (χ3n) is 4.83. The normalized spacial score (nSPS) is 10.9. The van der Waals surface area contributed by atoms with Crippen LogP contribution >= 0.6 is 0 Å². The Kier molecular flexibility index (Phi) is 12.3. The number of nitrogens with one attached hydrogen (secondary N) is 1. The van der Waals surface area contributed by atoms with E-state index in [0.29, 0.717) is 12.2 Å². The lowest BCUT2D eigenvalue weighted by atomic mass is 10.0. The number of hydrogen-bond acceptors (Lipinski definition) is 4. The number of unbranched alkanes of at least 4 members (excludes halogenated alkanes) is 12. The zero-order chi connectivity index (χ0) is 19.9. The van der Waals surface area contributed by atoms with Crippen LogP contribution in [0.4, 0.5) is 5.69 Å². The summed E-state index contributed by atoms with van der Waals surface area (Å²) >= 11 is 0. The quantitative estimate of drug-likeness (QED) is 0.362. The van der Waals surface area contributed by atoms with Gasteiger partial charge in [-0.1, -0.05) is 84.0 Å². The summed E-state index contributed by atoms with van der Waals surface area (Å²) in [5.41, 5.74) is -0.883. The SMILES string of the molecule is CCCCCCCCCCCCCCCC(=O)Nc1c(O)cc(C)oc1=O. The van der Waals surface area contributed by atoms with Crippen LogP contribution in [-0.4, -0.2) is 11.0 Å². The lowest BCUT2D eigenvalue weighted by Crippen LogP contribution is -2.17. The number of carbonyl (C=O) groups excluding carboxylic acids is 1. The van der Waals surface area contributed by atoms with E-state index in [-0.39, 0.29) is 17.3 Å². The molecule has 0 aliphatic heterocycles. The zero-order valence-corrected chi connectivity index (χ0v) is 17.1. The Balaban J connectivity index is 1.99. The fourth-order valence-corrected chi connectivity index (χ4v) is 3.22. The minimum Gasteiger partial charge on any atom is -0.505 e. The first-order chi connectivity index (χ1) is 13.0. The van der Waals surface area contributed by atoms with Crippen molar-refractivity contribution in [2.45, 2.75) is 104 Å². The molecular formula is C22H37NO4. The van der Waals surface area contributed by atoms with Gasteiger partial charge in [0.15, 0.2) is 5.69 Å². The Morgan fingerprint density at radius 1 is 0.926 bits per heavy atom. The summed E-state index contributed by atoms with van der Waals surface area (Å²) in [7, 11) is 0. The van der Waals surface area contributed by atoms with Crippen LogP contribution in [0.1, 0.15) is 103 Å². The van der Waals surface area contributed by atoms with Crippen molar-refractivity contribution in [1.82, 2.24) is 0 Å². The summed E-state index contributed by atoms with van der Waals surface area (Å²) in [6.07, 6.45) is 16.7. The van der Waals surface area contributed by atoms with Crippen molar-refractivity contribution < 1.29 is 14.3 Å². The number of anilines is 1. The highest BCUT2D eigenvalue weighted by Crippen LogP contribution is 2.20. The van der Waals surface area contributed by atoms with Gasteiger partial charge in [0, 0.05) is 12.5 Å². The van der Waals surface area contributed by atoms with Gasteiger partial charge in [-0.3, -0.25) is 4.79 Å². The number of aryl methyl sites for hydroxylation is 1. The molecule has 154 valence electrons. The molecule has 27 heavy (non-hydrogen) atoms. The van der Waals surface area contributed by atoms with Crippen LogP contribution in [0.5, 0.6) is 5.75 Å². The molecule has 1 aromatic heterocycles. The first-order valence-corrected chi connectivity index (χ1v) is 10.7. The fraction of sp³-hybridized carbons (Fsp3) is 0.727. The van der Waals surface area contributed by atoms with Gasteiger partial charge in [-0.25, -0.2) is 4.79 Å². The second-order valence-electron chi connectivity index (χ2n) is 7.45. The highest BCUT2D eigenvalue weighted by molar-refractivity contribution is 5.91. The molecule has 0 aromatic carbocycles. The molecule has 1 heterocycles. The van der Waals surface area contributed by atoms with Gasteiger partial charge in [0.2, 0.25) is 5.91 Å². The molecule has 0 saturated heterocycles. The topological polar surface area (TPSA) is 79.5 Å². The highest BCUT2D eigenvalue weighted by Gasteiger charge is 2.12. The molecule has 0 fully saturated rings. The molecule has 1 rings (SSSR count). The molecule has 5 heteroatoms. The maximum absolute atomic E-state index is 11.9. The molecule has 0 spiro atoms. The smallest absolute Gasteiger partial charge is 0.363 e. The highest BCUT2D eigenvalue weighted by atomic mass is 16.4. The molecule has 5 nitrogen and oxygen atoms in total. The summed E-state index contributed by atoms with van der Waals surface area (Å²) in [4.78, 5) is 23.5. The second kappa shape index (κ2) is 14.3. The molecule has 0 bridgehead atoms. The van der Waals surface area contributed by atoms with Gasteiger partial charge in [-0.15, -0.1) is 0 Å². The first kappa shape index (κ1) is 23.3. The van der Waals surface area contributed by atoms with Crippen molar-refractivity contribution in [2.24, 2.45) is 0 Å². The first-order valence-electron chi connectivity index (χ1n) is 10.7. The largest absolute Gasteiger partial charge is 0.505 e. The lowest BCUT2D eigenvalue weighted by Gasteiger charge is -2.06. The molecule has 1 amide bonds. The van der Waals surface area contributed by atoms with Crippen LogP contribution in [-0.2, 0) is 4.79 Å². The van der Waals surface area contributed by atoms with E-state index in [1.807, 2.05) is 0 Å².